The lowest BCUT2D eigenvalue weighted by atomic mass is 10.3. The van der Waals surface area contributed by atoms with Gasteiger partial charge in [-0.15, -0.1) is 23.4 Å². The van der Waals surface area contributed by atoms with E-state index < -0.39 is 6.36 Å². The monoisotopic (exact) mass is 368 g/mol. The Hall–Kier alpha value is -1.35. The lowest BCUT2D eigenvalue weighted by molar-refractivity contribution is -0.274. The molecule has 0 aliphatic rings. The molecule has 2 aromatic rings. The zero-order valence-electron chi connectivity index (χ0n) is 10.1. The smallest absolute Gasteiger partial charge is 0.485 e. The van der Waals surface area contributed by atoms with Crippen molar-refractivity contribution in [1.82, 2.24) is 10.2 Å². The van der Waals surface area contributed by atoms with E-state index in [1.807, 2.05) is 0 Å². The van der Waals surface area contributed by atoms with E-state index in [9.17, 15) is 13.2 Å². The largest absolute Gasteiger partial charge is 0.573 e. The highest BCUT2D eigenvalue weighted by Gasteiger charge is 2.32. The first kappa shape index (κ1) is 15.0. The van der Waals surface area contributed by atoms with Crippen molar-refractivity contribution >= 4 is 27.3 Å². The normalized spacial score (nSPS) is 11.4. The molecule has 0 spiro atoms. The number of aryl methyl sites for hydroxylation is 1. The standard InChI is InChI=1S/C11H8BrF3N2O2S/c1-6-16-17-9(20-6)5-18-7-3-2-4-8(10(7)12)19-11(13,14)15/h2-4H,5H2,1H3. The molecule has 0 aliphatic heterocycles. The molecule has 0 unspecified atom stereocenters. The van der Waals surface area contributed by atoms with Gasteiger partial charge in [-0.2, -0.15) is 0 Å². The molecule has 0 aliphatic carbocycles. The maximum Gasteiger partial charge on any atom is 0.573 e. The SMILES string of the molecule is Cc1nnc(COc2cccc(OC(F)(F)F)c2Br)s1. The average molecular weight is 369 g/mol. The molecule has 20 heavy (non-hydrogen) atoms. The van der Waals surface area contributed by atoms with Gasteiger partial charge in [0, 0.05) is 0 Å². The van der Waals surface area contributed by atoms with Gasteiger partial charge in [0.05, 0.1) is 0 Å². The van der Waals surface area contributed by atoms with Gasteiger partial charge in [-0.1, -0.05) is 17.4 Å². The Bertz CT molecular complexity index is 604. The van der Waals surface area contributed by atoms with E-state index in [2.05, 4.69) is 30.9 Å². The Morgan fingerprint density at radius 2 is 1.95 bits per heavy atom. The van der Waals surface area contributed by atoms with Crippen LogP contribution in [0.3, 0.4) is 0 Å². The highest BCUT2D eigenvalue weighted by molar-refractivity contribution is 9.10. The Morgan fingerprint density at radius 3 is 2.55 bits per heavy atom. The molecule has 0 fully saturated rings. The lowest BCUT2D eigenvalue weighted by Gasteiger charge is -2.13. The minimum Gasteiger partial charge on any atom is -0.485 e. The van der Waals surface area contributed by atoms with Gasteiger partial charge < -0.3 is 9.47 Å². The summed E-state index contributed by atoms with van der Waals surface area (Å²) in [5, 5.41) is 9.10. The van der Waals surface area contributed by atoms with E-state index in [0.29, 0.717) is 5.01 Å². The molecule has 0 saturated heterocycles. The molecule has 2 rings (SSSR count). The molecule has 108 valence electrons. The summed E-state index contributed by atoms with van der Waals surface area (Å²) in [6.07, 6.45) is -4.75. The predicted molar refractivity (Wildman–Crippen MR) is 69.8 cm³/mol. The number of hydrogen-bond acceptors (Lipinski definition) is 5. The van der Waals surface area contributed by atoms with E-state index in [4.69, 9.17) is 4.74 Å². The number of benzene rings is 1. The molecule has 1 heterocycles. The van der Waals surface area contributed by atoms with Gasteiger partial charge >= 0.3 is 6.36 Å². The first-order valence-corrected chi connectivity index (χ1v) is 6.92. The first-order valence-electron chi connectivity index (χ1n) is 5.31. The molecular weight excluding hydrogens is 361 g/mol. The second-order valence-electron chi connectivity index (χ2n) is 3.62. The van der Waals surface area contributed by atoms with Gasteiger partial charge in [0.25, 0.3) is 0 Å². The van der Waals surface area contributed by atoms with Crippen LogP contribution in [0, 0.1) is 6.92 Å². The van der Waals surface area contributed by atoms with Gasteiger partial charge in [-0.25, -0.2) is 0 Å². The molecular formula is C11H8BrF3N2O2S. The highest BCUT2D eigenvalue weighted by atomic mass is 79.9. The average Bonchev–Trinajstić information content (AvgIpc) is 2.75. The third-order valence-electron chi connectivity index (χ3n) is 2.07. The van der Waals surface area contributed by atoms with Gasteiger partial charge in [0.1, 0.15) is 27.6 Å². The van der Waals surface area contributed by atoms with Crippen molar-refractivity contribution < 1.29 is 22.6 Å². The van der Waals surface area contributed by atoms with Gasteiger partial charge in [0.2, 0.25) is 0 Å². The van der Waals surface area contributed by atoms with Crippen LogP contribution in [0.5, 0.6) is 11.5 Å². The second-order valence-corrected chi connectivity index (χ2v) is 5.68. The fourth-order valence-electron chi connectivity index (χ4n) is 1.34. The second kappa shape index (κ2) is 5.96. The summed E-state index contributed by atoms with van der Waals surface area (Å²) in [4.78, 5) is 0. The summed E-state index contributed by atoms with van der Waals surface area (Å²) in [7, 11) is 0. The van der Waals surface area contributed by atoms with Crippen molar-refractivity contribution in [3.63, 3.8) is 0 Å². The van der Waals surface area contributed by atoms with Gasteiger partial charge in [-0.3, -0.25) is 0 Å². The third-order valence-corrected chi connectivity index (χ3v) is 3.67. The van der Waals surface area contributed by atoms with E-state index in [-0.39, 0.29) is 22.6 Å². The Balaban J connectivity index is 2.10. The van der Waals surface area contributed by atoms with E-state index in [0.717, 1.165) is 5.01 Å². The predicted octanol–water partition coefficient (Wildman–Crippen LogP) is 4.09. The van der Waals surface area contributed by atoms with Crippen molar-refractivity contribution in [3.05, 3.63) is 32.7 Å². The van der Waals surface area contributed by atoms with E-state index in [1.54, 1.807) is 6.92 Å². The zero-order chi connectivity index (χ0) is 14.8. The minimum atomic E-state index is -4.75. The minimum absolute atomic E-state index is 0.0959. The molecule has 0 atom stereocenters. The maximum atomic E-state index is 12.2. The molecule has 0 N–H and O–H groups in total. The Labute approximate surface area is 124 Å². The van der Waals surface area contributed by atoms with Crippen LogP contribution in [0.15, 0.2) is 22.7 Å². The molecule has 1 aromatic carbocycles. The number of ether oxygens (including phenoxy) is 2. The molecule has 1 aromatic heterocycles. The Kier molecular flexibility index (Phi) is 4.48. The van der Waals surface area contributed by atoms with Crippen LogP contribution >= 0.6 is 27.3 Å². The molecule has 0 bridgehead atoms. The number of aromatic nitrogens is 2. The van der Waals surface area contributed by atoms with Crippen LogP contribution in [0.2, 0.25) is 0 Å². The molecule has 0 saturated carbocycles. The molecule has 0 radical (unpaired) electrons. The maximum absolute atomic E-state index is 12.2. The van der Waals surface area contributed by atoms with Crippen molar-refractivity contribution in [1.29, 1.82) is 0 Å². The zero-order valence-corrected chi connectivity index (χ0v) is 12.5. The number of nitrogens with zero attached hydrogens (tertiary/aromatic N) is 2. The third kappa shape index (κ3) is 4.07. The number of hydrogen-bond donors (Lipinski definition) is 0. The summed E-state index contributed by atoms with van der Waals surface area (Å²) in [5.74, 6) is -0.122. The number of halogens is 4. The topological polar surface area (TPSA) is 44.2 Å². The highest BCUT2D eigenvalue weighted by Crippen LogP contribution is 2.37. The lowest BCUT2D eigenvalue weighted by Crippen LogP contribution is -2.17. The van der Waals surface area contributed by atoms with Crippen LogP contribution in [-0.2, 0) is 6.61 Å². The fraction of sp³-hybridized carbons (Fsp3) is 0.273. The summed E-state index contributed by atoms with van der Waals surface area (Å²) in [5.41, 5.74) is 0. The summed E-state index contributed by atoms with van der Waals surface area (Å²) in [6, 6.07) is 4.13. The van der Waals surface area contributed by atoms with Crippen LogP contribution in [0.4, 0.5) is 13.2 Å². The number of rotatable bonds is 4. The van der Waals surface area contributed by atoms with Crippen LogP contribution in [0.1, 0.15) is 10.0 Å². The van der Waals surface area contributed by atoms with Crippen molar-refractivity contribution in [2.45, 2.75) is 19.9 Å². The van der Waals surface area contributed by atoms with Crippen LogP contribution in [0.25, 0.3) is 0 Å². The van der Waals surface area contributed by atoms with Crippen molar-refractivity contribution in [2.75, 3.05) is 0 Å². The van der Waals surface area contributed by atoms with E-state index >= 15 is 0 Å². The quantitative estimate of drug-likeness (QED) is 0.815. The Morgan fingerprint density at radius 1 is 1.25 bits per heavy atom. The summed E-state index contributed by atoms with van der Waals surface area (Å²) in [6.45, 7) is 1.93. The molecule has 0 amide bonds. The van der Waals surface area contributed by atoms with Gasteiger partial charge in [-0.05, 0) is 35.0 Å². The first-order chi connectivity index (χ1) is 9.35. The van der Waals surface area contributed by atoms with Crippen molar-refractivity contribution in [3.8, 4) is 11.5 Å². The summed E-state index contributed by atoms with van der Waals surface area (Å²) >= 11 is 4.38. The number of alkyl halides is 3. The van der Waals surface area contributed by atoms with E-state index in [1.165, 1.54) is 29.5 Å². The van der Waals surface area contributed by atoms with Crippen LogP contribution in [-0.4, -0.2) is 16.6 Å². The van der Waals surface area contributed by atoms with Crippen molar-refractivity contribution in [2.24, 2.45) is 0 Å². The van der Waals surface area contributed by atoms with Crippen LogP contribution < -0.4 is 9.47 Å². The fourth-order valence-corrected chi connectivity index (χ4v) is 2.42. The van der Waals surface area contributed by atoms with Gasteiger partial charge in [0.15, 0.2) is 5.01 Å². The molecule has 4 nitrogen and oxygen atoms in total. The summed E-state index contributed by atoms with van der Waals surface area (Å²) < 4.78 is 46.0. The molecule has 9 heteroatoms.